The Kier molecular flexibility index (Phi) is 14.8. The number of nitrogens with zero attached hydrogens (tertiary/aromatic N) is 2. The first-order valence-corrected chi connectivity index (χ1v) is 10.5. The molecule has 1 aromatic rings. The van der Waals surface area contributed by atoms with Gasteiger partial charge < -0.3 is 16.0 Å². The third kappa shape index (κ3) is 10.8. The van der Waals surface area contributed by atoms with E-state index in [1.807, 2.05) is 31.2 Å². The lowest BCUT2D eigenvalue weighted by Gasteiger charge is -2.30. The molecular formula is C22H40IN5O. The number of hydrogen-bond donors (Lipinski definition) is 3. The Hall–Kier alpha value is -1.35. The normalized spacial score (nSPS) is 11.6. The molecule has 7 heteroatoms. The van der Waals surface area contributed by atoms with Crippen LogP contribution in [0.3, 0.4) is 0 Å². The third-order valence-corrected chi connectivity index (χ3v) is 4.62. The summed E-state index contributed by atoms with van der Waals surface area (Å²) in [6.07, 6.45) is 1.99. The van der Waals surface area contributed by atoms with Crippen molar-refractivity contribution in [2.75, 3.05) is 26.7 Å². The Morgan fingerprint density at radius 3 is 2.34 bits per heavy atom. The van der Waals surface area contributed by atoms with E-state index in [-0.39, 0.29) is 29.9 Å². The Bertz CT molecular complexity index is 611. The predicted octanol–water partition coefficient (Wildman–Crippen LogP) is 3.62. The van der Waals surface area contributed by atoms with Crippen LogP contribution < -0.4 is 16.0 Å². The fraction of sp³-hybridized carbons (Fsp3) is 0.636. The zero-order chi connectivity index (χ0) is 20.9. The second-order valence-corrected chi connectivity index (χ2v) is 7.59. The number of benzene rings is 1. The van der Waals surface area contributed by atoms with Gasteiger partial charge in [-0.15, -0.1) is 24.0 Å². The largest absolute Gasteiger partial charge is 0.356 e. The molecule has 0 heterocycles. The molecule has 0 bridgehead atoms. The molecule has 0 radical (unpaired) electrons. The van der Waals surface area contributed by atoms with Crippen LogP contribution in [0.2, 0.25) is 0 Å². The summed E-state index contributed by atoms with van der Waals surface area (Å²) in [6, 6.07) is 8.81. The maximum atomic E-state index is 12.1. The van der Waals surface area contributed by atoms with E-state index in [2.05, 4.69) is 53.5 Å². The van der Waals surface area contributed by atoms with Crippen LogP contribution >= 0.6 is 24.0 Å². The van der Waals surface area contributed by atoms with Gasteiger partial charge >= 0.3 is 0 Å². The van der Waals surface area contributed by atoms with Gasteiger partial charge in [0.25, 0.3) is 5.91 Å². The van der Waals surface area contributed by atoms with E-state index in [1.165, 1.54) is 0 Å². The smallest absolute Gasteiger partial charge is 0.251 e. The zero-order valence-electron chi connectivity index (χ0n) is 18.9. The molecule has 3 N–H and O–H groups in total. The van der Waals surface area contributed by atoms with E-state index < -0.39 is 0 Å². The van der Waals surface area contributed by atoms with Crippen LogP contribution in [0.25, 0.3) is 0 Å². The van der Waals surface area contributed by atoms with Crippen molar-refractivity contribution >= 4 is 35.8 Å². The summed E-state index contributed by atoms with van der Waals surface area (Å²) < 4.78 is 0. The first kappa shape index (κ1) is 27.6. The van der Waals surface area contributed by atoms with E-state index in [1.54, 1.807) is 7.05 Å². The van der Waals surface area contributed by atoms with Gasteiger partial charge in [0.05, 0.1) is 0 Å². The van der Waals surface area contributed by atoms with Crippen molar-refractivity contribution in [3.63, 3.8) is 0 Å². The molecule has 0 aliphatic heterocycles. The van der Waals surface area contributed by atoms with Gasteiger partial charge in [-0.25, -0.2) is 0 Å². The Labute approximate surface area is 194 Å². The molecule has 1 amide bonds. The van der Waals surface area contributed by atoms with Gasteiger partial charge in [-0.05, 0) is 58.2 Å². The van der Waals surface area contributed by atoms with E-state index in [4.69, 9.17) is 0 Å². The molecule has 0 aliphatic rings. The summed E-state index contributed by atoms with van der Waals surface area (Å²) in [6.45, 7) is 14.3. The van der Waals surface area contributed by atoms with Gasteiger partial charge in [0.15, 0.2) is 5.96 Å². The molecule has 0 aromatic heterocycles. The van der Waals surface area contributed by atoms with Gasteiger partial charge in [0.2, 0.25) is 0 Å². The summed E-state index contributed by atoms with van der Waals surface area (Å²) in [4.78, 5) is 18.9. The summed E-state index contributed by atoms with van der Waals surface area (Å²) in [5.41, 5.74) is 1.75. The summed E-state index contributed by atoms with van der Waals surface area (Å²) in [7, 11) is 1.78. The lowest BCUT2D eigenvalue weighted by atomic mass is 10.1. The number of guanidine groups is 1. The molecule has 0 unspecified atom stereocenters. The second-order valence-electron chi connectivity index (χ2n) is 7.59. The molecule has 1 aromatic carbocycles. The molecule has 1 rings (SSSR count). The van der Waals surface area contributed by atoms with Crippen LogP contribution in [0.15, 0.2) is 29.3 Å². The number of amides is 1. The van der Waals surface area contributed by atoms with Crippen molar-refractivity contribution in [1.82, 2.24) is 20.9 Å². The SMILES string of the molecule is CCCNC(=O)c1cccc(CNC(=NC)NCCCN(C(C)C)C(C)C)c1.I. The standard InChI is InChI=1S/C22H39N5O.HI/c1-7-12-24-21(28)20-11-8-10-19(15-20)16-26-22(23-6)25-13-9-14-27(17(2)3)18(4)5;/h8,10-11,15,17-18H,7,9,12-14,16H2,1-6H3,(H,24,28)(H2,23,25,26);1H. The Balaban J connectivity index is 0.00000784. The number of aliphatic imine (C=N–C) groups is 1. The minimum absolute atomic E-state index is 0. The number of nitrogens with one attached hydrogen (secondary N) is 3. The predicted molar refractivity (Wildman–Crippen MR) is 134 cm³/mol. The van der Waals surface area contributed by atoms with Crippen molar-refractivity contribution in [1.29, 1.82) is 0 Å². The van der Waals surface area contributed by atoms with E-state index in [0.29, 0.717) is 30.7 Å². The van der Waals surface area contributed by atoms with Crippen LogP contribution in [0.4, 0.5) is 0 Å². The molecule has 0 saturated heterocycles. The van der Waals surface area contributed by atoms with Crippen molar-refractivity contribution in [2.45, 2.75) is 66.1 Å². The molecule has 0 atom stereocenters. The van der Waals surface area contributed by atoms with Crippen molar-refractivity contribution in [2.24, 2.45) is 4.99 Å². The van der Waals surface area contributed by atoms with Crippen LogP contribution in [0, 0.1) is 0 Å². The van der Waals surface area contributed by atoms with E-state index >= 15 is 0 Å². The second kappa shape index (κ2) is 15.5. The van der Waals surface area contributed by atoms with Crippen molar-refractivity contribution < 1.29 is 4.79 Å². The van der Waals surface area contributed by atoms with Crippen molar-refractivity contribution in [3.8, 4) is 0 Å². The Morgan fingerprint density at radius 1 is 1.07 bits per heavy atom. The summed E-state index contributed by atoms with van der Waals surface area (Å²) in [5, 5.41) is 9.60. The molecule has 0 spiro atoms. The average molecular weight is 518 g/mol. The molecule has 0 fully saturated rings. The van der Waals surface area contributed by atoms with Gasteiger partial charge in [0.1, 0.15) is 0 Å². The maximum absolute atomic E-state index is 12.1. The van der Waals surface area contributed by atoms with Crippen molar-refractivity contribution in [3.05, 3.63) is 35.4 Å². The fourth-order valence-electron chi connectivity index (χ4n) is 3.15. The third-order valence-electron chi connectivity index (χ3n) is 4.62. The molecule has 166 valence electrons. The number of rotatable bonds is 11. The summed E-state index contributed by atoms with van der Waals surface area (Å²) in [5.74, 6) is 0.757. The van der Waals surface area contributed by atoms with Gasteiger partial charge in [0, 0.05) is 50.9 Å². The quantitative estimate of drug-likeness (QED) is 0.182. The number of carbonyl (C=O) groups is 1. The number of hydrogen-bond acceptors (Lipinski definition) is 3. The Morgan fingerprint density at radius 2 is 1.76 bits per heavy atom. The maximum Gasteiger partial charge on any atom is 0.251 e. The highest BCUT2D eigenvalue weighted by Gasteiger charge is 2.12. The van der Waals surface area contributed by atoms with Crippen LogP contribution in [-0.4, -0.2) is 55.5 Å². The fourth-order valence-corrected chi connectivity index (χ4v) is 3.15. The topological polar surface area (TPSA) is 68.8 Å². The van der Waals surface area contributed by atoms with Gasteiger partial charge in [-0.3, -0.25) is 14.7 Å². The number of carbonyl (C=O) groups excluding carboxylic acids is 1. The average Bonchev–Trinajstić information content (AvgIpc) is 2.67. The van der Waals surface area contributed by atoms with Crippen LogP contribution in [0.5, 0.6) is 0 Å². The highest BCUT2D eigenvalue weighted by Crippen LogP contribution is 2.06. The van der Waals surface area contributed by atoms with E-state index in [0.717, 1.165) is 37.5 Å². The van der Waals surface area contributed by atoms with Crippen LogP contribution in [-0.2, 0) is 6.54 Å². The lowest BCUT2D eigenvalue weighted by molar-refractivity contribution is 0.0953. The number of halogens is 1. The molecule has 0 aliphatic carbocycles. The molecule has 0 saturated carbocycles. The zero-order valence-corrected chi connectivity index (χ0v) is 21.2. The van der Waals surface area contributed by atoms with Gasteiger partial charge in [-0.1, -0.05) is 19.1 Å². The first-order chi connectivity index (χ1) is 13.4. The monoisotopic (exact) mass is 517 g/mol. The highest BCUT2D eigenvalue weighted by atomic mass is 127. The molecule has 29 heavy (non-hydrogen) atoms. The van der Waals surface area contributed by atoms with E-state index in [9.17, 15) is 4.79 Å². The first-order valence-electron chi connectivity index (χ1n) is 10.5. The molecule has 6 nitrogen and oxygen atoms in total. The minimum atomic E-state index is -0.0222. The minimum Gasteiger partial charge on any atom is -0.356 e. The summed E-state index contributed by atoms with van der Waals surface area (Å²) >= 11 is 0. The molecular weight excluding hydrogens is 477 g/mol. The lowest BCUT2D eigenvalue weighted by Crippen LogP contribution is -2.41. The highest BCUT2D eigenvalue weighted by molar-refractivity contribution is 14.0. The van der Waals surface area contributed by atoms with Gasteiger partial charge in [-0.2, -0.15) is 0 Å². The van der Waals surface area contributed by atoms with Crippen LogP contribution in [0.1, 0.15) is 63.4 Å².